The number of aliphatic hydroxyl groups excluding tert-OH is 2. The van der Waals surface area contributed by atoms with Crippen molar-refractivity contribution in [3.8, 4) is 34.5 Å². The van der Waals surface area contributed by atoms with E-state index in [2.05, 4.69) is 0 Å². The summed E-state index contributed by atoms with van der Waals surface area (Å²) in [4.78, 5) is 23.5. The number of carbonyl (C=O) groups excluding carboxylic acids is 2. The lowest BCUT2D eigenvalue weighted by Crippen LogP contribution is -2.14. The molecular formula is C27H38O11. The van der Waals surface area contributed by atoms with E-state index in [4.69, 9.17) is 18.9 Å². The molecule has 0 spiro atoms. The van der Waals surface area contributed by atoms with Crippen LogP contribution in [0.1, 0.15) is 67.7 Å². The van der Waals surface area contributed by atoms with Crippen LogP contribution >= 0.6 is 0 Å². The number of benzene rings is 2. The third-order valence-electron chi connectivity index (χ3n) is 5.15. The fourth-order valence-electron chi connectivity index (χ4n) is 3.28. The Bertz CT molecular complexity index is 980. The van der Waals surface area contributed by atoms with Crippen molar-refractivity contribution < 1.29 is 54.4 Å². The molecule has 0 aliphatic rings. The van der Waals surface area contributed by atoms with Crippen LogP contribution in [0, 0.1) is 0 Å². The van der Waals surface area contributed by atoms with Crippen molar-refractivity contribution in [2.75, 3.05) is 26.4 Å². The summed E-state index contributed by atoms with van der Waals surface area (Å²) in [7, 11) is 0. The Morgan fingerprint density at radius 3 is 1.32 bits per heavy atom. The van der Waals surface area contributed by atoms with Gasteiger partial charge in [-0.2, -0.15) is 0 Å². The van der Waals surface area contributed by atoms with E-state index in [1.807, 2.05) is 0 Å². The Morgan fingerprint density at radius 2 is 1.00 bits per heavy atom. The summed E-state index contributed by atoms with van der Waals surface area (Å²) in [6.07, 6.45) is 0.578. The molecule has 0 aliphatic heterocycles. The summed E-state index contributed by atoms with van der Waals surface area (Å²) >= 11 is 0. The first-order valence-corrected chi connectivity index (χ1v) is 12.1. The number of unbranched alkanes of at least 4 members (excludes halogenated alkanes) is 2. The van der Waals surface area contributed by atoms with Gasteiger partial charge in [0.15, 0.2) is 34.6 Å². The van der Waals surface area contributed by atoms with E-state index in [0.29, 0.717) is 37.6 Å². The first-order valence-electron chi connectivity index (χ1n) is 12.1. The first kappa shape index (κ1) is 32.5. The van der Waals surface area contributed by atoms with Crippen molar-refractivity contribution in [3.63, 3.8) is 0 Å². The minimum Gasteiger partial charge on any atom is -0.507 e. The molecule has 6 N–H and O–H groups in total. The molecule has 2 atom stereocenters. The van der Waals surface area contributed by atoms with Crippen molar-refractivity contribution in [2.45, 2.75) is 59.2 Å². The molecule has 0 aliphatic carbocycles. The molecule has 0 heterocycles. The van der Waals surface area contributed by atoms with Gasteiger partial charge in [0, 0.05) is 12.1 Å². The molecule has 0 saturated heterocycles. The van der Waals surface area contributed by atoms with E-state index in [0.717, 1.165) is 6.42 Å². The summed E-state index contributed by atoms with van der Waals surface area (Å²) in [6.45, 7) is 6.41. The average molecular weight is 539 g/mol. The number of ketones is 2. The van der Waals surface area contributed by atoms with Gasteiger partial charge in [0.2, 0.25) is 0 Å². The third-order valence-corrected chi connectivity index (χ3v) is 5.15. The van der Waals surface area contributed by atoms with Crippen LogP contribution in [0.15, 0.2) is 24.3 Å². The molecule has 0 bridgehead atoms. The Balaban J connectivity index is 0.00000722. The Kier molecular flexibility index (Phi) is 13.4. The zero-order valence-corrected chi connectivity index (χ0v) is 22.2. The van der Waals surface area contributed by atoms with Gasteiger partial charge in [-0.05, 0) is 59.1 Å². The highest BCUT2D eigenvalue weighted by Crippen LogP contribution is 2.36. The van der Waals surface area contributed by atoms with Gasteiger partial charge in [-0.25, -0.2) is 0 Å². The van der Waals surface area contributed by atoms with Crippen LogP contribution in [0.5, 0.6) is 34.5 Å². The second-order valence-electron chi connectivity index (χ2n) is 8.82. The second kappa shape index (κ2) is 15.7. The van der Waals surface area contributed by atoms with Gasteiger partial charge in [0.1, 0.15) is 24.7 Å². The van der Waals surface area contributed by atoms with Crippen LogP contribution in [0.4, 0.5) is 0 Å². The van der Waals surface area contributed by atoms with E-state index < -0.39 is 12.2 Å². The summed E-state index contributed by atoms with van der Waals surface area (Å²) in [5.41, 5.74) is 0.223. The highest BCUT2D eigenvalue weighted by molar-refractivity contribution is 5.98. The lowest BCUT2D eigenvalue weighted by molar-refractivity contribution is 0.100. The molecule has 2 unspecified atom stereocenters. The van der Waals surface area contributed by atoms with Crippen LogP contribution in [0.25, 0.3) is 0 Å². The van der Waals surface area contributed by atoms with Gasteiger partial charge < -0.3 is 44.8 Å². The van der Waals surface area contributed by atoms with E-state index >= 15 is 0 Å². The SMILES string of the molecule is CC(=O)c1cc(OCCCCCOc2cc(C(C)=O)c(O)cc2OCC(C)O)c(OCC(C)O)cc1O.O. The van der Waals surface area contributed by atoms with Gasteiger partial charge in [-0.1, -0.05) is 0 Å². The smallest absolute Gasteiger partial charge is 0.165 e. The minimum absolute atomic E-state index is 0. The van der Waals surface area contributed by atoms with Crippen LogP contribution < -0.4 is 18.9 Å². The molecule has 0 aromatic heterocycles. The normalized spacial score (nSPS) is 12.2. The molecule has 11 heteroatoms. The lowest BCUT2D eigenvalue weighted by atomic mass is 10.1. The van der Waals surface area contributed by atoms with E-state index in [1.165, 1.54) is 38.1 Å². The number of phenols is 2. The van der Waals surface area contributed by atoms with E-state index in [9.17, 15) is 30.0 Å². The van der Waals surface area contributed by atoms with Crippen molar-refractivity contribution in [3.05, 3.63) is 35.4 Å². The number of rotatable bonds is 16. The summed E-state index contributed by atoms with van der Waals surface area (Å²) in [5, 5.41) is 39.1. The molecular weight excluding hydrogens is 500 g/mol. The predicted octanol–water partition coefficient (Wildman–Crippen LogP) is 2.83. The summed E-state index contributed by atoms with van der Waals surface area (Å²) in [5.74, 6) is -0.0504. The predicted molar refractivity (Wildman–Crippen MR) is 139 cm³/mol. The number of hydrogen-bond acceptors (Lipinski definition) is 10. The molecule has 2 rings (SSSR count). The number of Topliss-reactive ketones (excluding diaryl/α,β-unsaturated/α-hetero) is 2. The zero-order chi connectivity index (χ0) is 27.5. The van der Waals surface area contributed by atoms with Crippen molar-refractivity contribution in [1.29, 1.82) is 0 Å². The number of hydrogen-bond donors (Lipinski definition) is 4. The van der Waals surface area contributed by atoms with Crippen LogP contribution in [-0.2, 0) is 0 Å². The van der Waals surface area contributed by atoms with Gasteiger partial charge in [0.05, 0.1) is 36.5 Å². The van der Waals surface area contributed by atoms with Crippen LogP contribution in [-0.4, -0.2) is 76.1 Å². The van der Waals surface area contributed by atoms with Crippen LogP contribution in [0.3, 0.4) is 0 Å². The Morgan fingerprint density at radius 1 is 0.658 bits per heavy atom. The Labute approximate surface area is 221 Å². The fourth-order valence-corrected chi connectivity index (χ4v) is 3.28. The number of phenolic OH excluding ortho intramolecular Hbond substituents is 2. The topological polar surface area (TPSA) is 183 Å². The lowest BCUT2D eigenvalue weighted by Gasteiger charge is -2.16. The van der Waals surface area contributed by atoms with Gasteiger partial charge >= 0.3 is 0 Å². The fraction of sp³-hybridized carbons (Fsp3) is 0.481. The first-order chi connectivity index (χ1) is 17.5. The van der Waals surface area contributed by atoms with Gasteiger partial charge in [0.25, 0.3) is 0 Å². The highest BCUT2D eigenvalue weighted by Gasteiger charge is 2.17. The van der Waals surface area contributed by atoms with Crippen molar-refractivity contribution >= 4 is 11.6 Å². The van der Waals surface area contributed by atoms with Gasteiger partial charge in [-0.3, -0.25) is 9.59 Å². The summed E-state index contributed by atoms with van der Waals surface area (Å²) < 4.78 is 22.6. The van der Waals surface area contributed by atoms with E-state index in [1.54, 1.807) is 13.8 Å². The number of carbonyl (C=O) groups is 2. The molecule has 38 heavy (non-hydrogen) atoms. The number of aromatic hydroxyl groups is 2. The highest BCUT2D eigenvalue weighted by atomic mass is 16.5. The molecule has 2 aromatic carbocycles. The third kappa shape index (κ3) is 10.1. The number of aliphatic hydroxyl groups is 2. The monoisotopic (exact) mass is 538 g/mol. The summed E-state index contributed by atoms with van der Waals surface area (Å²) in [6, 6.07) is 5.44. The second-order valence-corrected chi connectivity index (χ2v) is 8.82. The van der Waals surface area contributed by atoms with E-state index in [-0.39, 0.29) is 64.4 Å². The molecule has 212 valence electrons. The van der Waals surface area contributed by atoms with Gasteiger partial charge in [-0.15, -0.1) is 0 Å². The Hall–Kier alpha value is -3.54. The molecule has 0 fully saturated rings. The standard InChI is InChI=1S/C27H36O10.H2O/c1-16(28)14-36-26-12-22(32)20(18(3)30)10-24(26)34-8-6-5-7-9-35-25-11-21(19(4)31)23(33)13-27(25)37-15-17(2)29;/h10-13,16-17,28-29,32-33H,5-9,14-15H2,1-4H3;1H2. The molecule has 0 amide bonds. The molecule has 2 aromatic rings. The molecule has 0 radical (unpaired) electrons. The van der Waals surface area contributed by atoms with Crippen molar-refractivity contribution in [2.24, 2.45) is 0 Å². The maximum absolute atomic E-state index is 11.8. The maximum Gasteiger partial charge on any atom is 0.165 e. The average Bonchev–Trinajstić information content (AvgIpc) is 2.81. The molecule has 11 nitrogen and oxygen atoms in total. The number of ether oxygens (including phenoxy) is 4. The minimum atomic E-state index is -0.722. The largest absolute Gasteiger partial charge is 0.507 e. The molecule has 0 saturated carbocycles. The maximum atomic E-state index is 11.8. The quantitative estimate of drug-likeness (QED) is 0.183. The van der Waals surface area contributed by atoms with Crippen LogP contribution in [0.2, 0.25) is 0 Å². The van der Waals surface area contributed by atoms with Crippen molar-refractivity contribution in [1.82, 2.24) is 0 Å². The zero-order valence-electron chi connectivity index (χ0n) is 22.2.